The van der Waals surface area contributed by atoms with E-state index in [0.717, 1.165) is 0 Å². The first-order valence-electron chi connectivity index (χ1n) is 6.34. The zero-order chi connectivity index (χ0) is 15.8. The SMILES string of the molecule is C=C(C)C(=O)OCC1CO1.C=Cc1ccccc1C(=O)O. The molecule has 0 amide bonds. The molecule has 1 aromatic rings. The molecule has 1 fully saturated rings. The van der Waals surface area contributed by atoms with E-state index in [1.807, 2.05) is 0 Å². The third kappa shape index (κ3) is 6.05. The molecule has 5 nitrogen and oxygen atoms in total. The quantitative estimate of drug-likeness (QED) is 0.512. The minimum absolute atomic E-state index is 0.142. The van der Waals surface area contributed by atoms with Gasteiger partial charge < -0.3 is 14.6 Å². The second kappa shape index (κ2) is 8.01. The number of carboxylic acids is 1. The van der Waals surface area contributed by atoms with Crippen LogP contribution in [0.1, 0.15) is 22.8 Å². The molecule has 1 aliphatic rings. The first-order chi connectivity index (χ1) is 9.95. The van der Waals surface area contributed by atoms with Gasteiger partial charge in [0.15, 0.2) is 0 Å². The average molecular weight is 290 g/mol. The summed E-state index contributed by atoms with van der Waals surface area (Å²) in [5.74, 6) is -1.25. The minimum Gasteiger partial charge on any atom is -0.478 e. The van der Waals surface area contributed by atoms with Crippen LogP contribution < -0.4 is 0 Å². The number of aromatic carboxylic acids is 1. The summed E-state index contributed by atoms with van der Waals surface area (Å²) in [5, 5.41) is 8.65. The first kappa shape index (κ1) is 16.7. The van der Waals surface area contributed by atoms with Crippen LogP contribution in [0.2, 0.25) is 0 Å². The van der Waals surface area contributed by atoms with E-state index in [-0.39, 0.29) is 12.1 Å². The zero-order valence-electron chi connectivity index (χ0n) is 11.9. The number of benzene rings is 1. The van der Waals surface area contributed by atoms with Crippen molar-refractivity contribution in [2.24, 2.45) is 0 Å². The van der Waals surface area contributed by atoms with Crippen molar-refractivity contribution < 1.29 is 24.2 Å². The Morgan fingerprint density at radius 1 is 1.48 bits per heavy atom. The lowest BCUT2D eigenvalue weighted by Crippen LogP contribution is -2.09. The molecule has 112 valence electrons. The number of rotatable bonds is 5. The first-order valence-corrected chi connectivity index (χ1v) is 6.34. The molecule has 0 radical (unpaired) electrons. The maximum atomic E-state index is 10.7. The highest BCUT2D eigenvalue weighted by Gasteiger charge is 2.24. The van der Waals surface area contributed by atoms with Crippen LogP contribution >= 0.6 is 0 Å². The largest absolute Gasteiger partial charge is 0.478 e. The van der Waals surface area contributed by atoms with Gasteiger partial charge in [0.1, 0.15) is 12.7 Å². The zero-order valence-corrected chi connectivity index (χ0v) is 11.9. The number of carbonyl (C=O) groups is 2. The van der Waals surface area contributed by atoms with Crippen LogP contribution in [0, 0.1) is 0 Å². The van der Waals surface area contributed by atoms with Crippen molar-refractivity contribution in [1.29, 1.82) is 0 Å². The van der Waals surface area contributed by atoms with Crippen LogP contribution in [0.25, 0.3) is 6.08 Å². The predicted molar refractivity (Wildman–Crippen MR) is 79.0 cm³/mol. The van der Waals surface area contributed by atoms with E-state index in [9.17, 15) is 9.59 Å². The van der Waals surface area contributed by atoms with E-state index in [2.05, 4.69) is 13.2 Å². The van der Waals surface area contributed by atoms with Gasteiger partial charge in [-0.3, -0.25) is 0 Å². The van der Waals surface area contributed by atoms with E-state index in [4.69, 9.17) is 14.6 Å². The fourth-order valence-corrected chi connectivity index (χ4v) is 1.33. The standard InChI is InChI=1S/C9H8O2.C7H10O3/c1-2-7-5-3-4-6-8(7)9(10)11;1-5(2)7(8)10-4-6-3-9-6/h2-6H,1H2,(H,10,11);6H,1,3-4H2,2H3. The van der Waals surface area contributed by atoms with Gasteiger partial charge in [-0.15, -0.1) is 0 Å². The Morgan fingerprint density at radius 3 is 2.52 bits per heavy atom. The van der Waals surface area contributed by atoms with Crippen molar-refractivity contribution in [3.05, 3.63) is 54.1 Å². The summed E-state index contributed by atoms with van der Waals surface area (Å²) in [5.41, 5.74) is 1.38. The van der Waals surface area contributed by atoms with Crippen LogP contribution in [0.3, 0.4) is 0 Å². The Kier molecular flexibility index (Phi) is 6.36. The smallest absolute Gasteiger partial charge is 0.336 e. The summed E-state index contributed by atoms with van der Waals surface area (Å²) in [7, 11) is 0. The molecule has 1 aliphatic heterocycles. The maximum absolute atomic E-state index is 10.7. The van der Waals surface area contributed by atoms with Crippen LogP contribution in [-0.2, 0) is 14.3 Å². The fourth-order valence-electron chi connectivity index (χ4n) is 1.33. The lowest BCUT2D eigenvalue weighted by Gasteiger charge is -1.99. The van der Waals surface area contributed by atoms with Gasteiger partial charge in [-0.05, 0) is 18.6 Å². The normalized spacial score (nSPS) is 15.2. The average Bonchev–Trinajstić information content (AvgIpc) is 3.29. The van der Waals surface area contributed by atoms with Gasteiger partial charge in [0.2, 0.25) is 0 Å². The van der Waals surface area contributed by atoms with Gasteiger partial charge in [-0.25, -0.2) is 9.59 Å². The van der Waals surface area contributed by atoms with E-state index in [0.29, 0.717) is 29.9 Å². The van der Waals surface area contributed by atoms with E-state index >= 15 is 0 Å². The van der Waals surface area contributed by atoms with E-state index in [1.165, 1.54) is 6.08 Å². The van der Waals surface area contributed by atoms with E-state index in [1.54, 1.807) is 31.2 Å². The Balaban J connectivity index is 0.000000211. The Morgan fingerprint density at radius 2 is 2.10 bits per heavy atom. The number of epoxide rings is 1. The molecule has 21 heavy (non-hydrogen) atoms. The number of carbonyl (C=O) groups excluding carboxylic acids is 1. The van der Waals surface area contributed by atoms with Crippen molar-refractivity contribution in [1.82, 2.24) is 0 Å². The third-order valence-corrected chi connectivity index (χ3v) is 2.56. The molecule has 0 aromatic heterocycles. The number of hydrogen-bond donors (Lipinski definition) is 1. The fraction of sp³-hybridized carbons (Fsp3) is 0.250. The van der Waals surface area contributed by atoms with Crippen LogP contribution in [0.4, 0.5) is 0 Å². The molecule has 1 unspecified atom stereocenters. The molecular formula is C16H18O5. The molecule has 2 rings (SSSR count). The minimum atomic E-state index is -0.916. The van der Waals surface area contributed by atoms with Gasteiger partial charge in [-0.1, -0.05) is 37.4 Å². The van der Waals surface area contributed by atoms with Crippen LogP contribution in [0.15, 0.2) is 43.0 Å². The van der Waals surface area contributed by atoms with Gasteiger partial charge in [0.25, 0.3) is 0 Å². The van der Waals surface area contributed by atoms with Gasteiger partial charge in [0.05, 0.1) is 12.2 Å². The molecule has 1 heterocycles. The molecule has 0 bridgehead atoms. The van der Waals surface area contributed by atoms with Crippen molar-refractivity contribution in [3.63, 3.8) is 0 Å². The topological polar surface area (TPSA) is 76.1 Å². The van der Waals surface area contributed by atoms with Crippen molar-refractivity contribution >= 4 is 18.0 Å². The van der Waals surface area contributed by atoms with Crippen LogP contribution in [-0.4, -0.2) is 36.4 Å². The lowest BCUT2D eigenvalue weighted by molar-refractivity contribution is -0.139. The van der Waals surface area contributed by atoms with Crippen LogP contribution in [0.5, 0.6) is 0 Å². The molecule has 0 aliphatic carbocycles. The molecule has 0 spiro atoms. The molecular weight excluding hydrogens is 272 g/mol. The highest BCUT2D eigenvalue weighted by Crippen LogP contribution is 2.09. The number of esters is 1. The predicted octanol–water partition coefficient (Wildman–Crippen LogP) is 2.53. The Labute approximate surface area is 123 Å². The lowest BCUT2D eigenvalue weighted by atomic mass is 10.1. The summed E-state index contributed by atoms with van der Waals surface area (Å²) >= 11 is 0. The number of ether oxygens (including phenoxy) is 2. The van der Waals surface area contributed by atoms with E-state index < -0.39 is 5.97 Å². The second-order valence-corrected chi connectivity index (χ2v) is 4.43. The summed E-state index contributed by atoms with van der Waals surface area (Å²) in [4.78, 5) is 21.2. The maximum Gasteiger partial charge on any atom is 0.336 e. The molecule has 1 atom stereocenters. The summed E-state index contributed by atoms with van der Waals surface area (Å²) in [6.45, 7) is 9.65. The molecule has 1 saturated heterocycles. The molecule has 1 N–H and O–H groups in total. The molecule has 0 saturated carbocycles. The third-order valence-electron chi connectivity index (χ3n) is 2.56. The summed E-state index contributed by atoms with van der Waals surface area (Å²) in [6.07, 6.45) is 1.67. The van der Waals surface area contributed by atoms with Gasteiger partial charge in [-0.2, -0.15) is 0 Å². The van der Waals surface area contributed by atoms with Crippen molar-refractivity contribution in [2.75, 3.05) is 13.2 Å². The van der Waals surface area contributed by atoms with Gasteiger partial charge >= 0.3 is 11.9 Å². The van der Waals surface area contributed by atoms with Crippen molar-refractivity contribution in [3.8, 4) is 0 Å². The number of carboxylic acid groups (broad SMARTS) is 1. The number of hydrogen-bond acceptors (Lipinski definition) is 4. The van der Waals surface area contributed by atoms with Crippen molar-refractivity contribution in [2.45, 2.75) is 13.0 Å². The summed E-state index contributed by atoms with van der Waals surface area (Å²) in [6, 6.07) is 6.75. The molecule has 5 heteroatoms. The summed E-state index contributed by atoms with van der Waals surface area (Å²) < 4.78 is 9.60. The highest BCUT2D eigenvalue weighted by molar-refractivity contribution is 5.91. The highest BCUT2D eigenvalue weighted by atomic mass is 16.6. The van der Waals surface area contributed by atoms with Gasteiger partial charge in [0, 0.05) is 5.57 Å². The second-order valence-electron chi connectivity index (χ2n) is 4.43. The Bertz CT molecular complexity index is 543. The monoisotopic (exact) mass is 290 g/mol. The molecule has 1 aromatic carbocycles. The Hall–Kier alpha value is -2.40.